The van der Waals surface area contributed by atoms with Crippen LogP contribution >= 0.6 is 0 Å². The van der Waals surface area contributed by atoms with E-state index in [-0.39, 0.29) is 23.7 Å². The molecule has 3 heteroatoms. The monoisotopic (exact) mass is 613 g/mol. The predicted octanol–water partition coefficient (Wildman–Crippen LogP) is 10.8. The summed E-state index contributed by atoms with van der Waals surface area (Å²) in [4.78, 5) is 30.6. The molecule has 0 unspecified atom stereocenters. The number of carbonyl (C=O) groups excluding carboxylic acids is 2. The molecule has 232 valence electrons. The molecule has 1 aliphatic heterocycles. The summed E-state index contributed by atoms with van der Waals surface area (Å²) in [7, 11) is 0. The lowest BCUT2D eigenvalue weighted by Crippen LogP contribution is -2.33. The SMILES string of the molecule is CC(C)c1cccc(C(C)C)c1N1C(=O)C(c2ccc(C=Cc3ccccc3)cc2)=C(c2ccc(C=Cc3ccccc3)cc2)C1=O. The first kappa shape index (κ1) is 31.4. The number of hydrogen-bond donors (Lipinski definition) is 0. The molecule has 0 aliphatic carbocycles. The van der Waals surface area contributed by atoms with E-state index in [1.54, 1.807) is 0 Å². The van der Waals surface area contributed by atoms with Crippen molar-refractivity contribution in [2.75, 3.05) is 4.90 Å². The van der Waals surface area contributed by atoms with Crippen molar-refractivity contribution in [3.8, 4) is 0 Å². The summed E-state index contributed by atoms with van der Waals surface area (Å²) in [6, 6.07) is 42.2. The Bertz CT molecular complexity index is 1840. The largest absolute Gasteiger partial charge is 0.268 e. The van der Waals surface area contributed by atoms with Gasteiger partial charge in [-0.25, -0.2) is 4.90 Å². The lowest BCUT2D eigenvalue weighted by Gasteiger charge is -2.26. The van der Waals surface area contributed by atoms with E-state index in [1.165, 1.54) is 4.90 Å². The van der Waals surface area contributed by atoms with Crippen LogP contribution in [0.15, 0.2) is 127 Å². The summed E-state index contributed by atoms with van der Waals surface area (Å²) < 4.78 is 0. The molecule has 1 aliphatic rings. The first-order valence-corrected chi connectivity index (χ1v) is 16.2. The van der Waals surface area contributed by atoms with Crippen LogP contribution in [-0.2, 0) is 9.59 Å². The van der Waals surface area contributed by atoms with Gasteiger partial charge in [-0.15, -0.1) is 0 Å². The molecule has 0 spiro atoms. The maximum absolute atomic E-state index is 14.6. The van der Waals surface area contributed by atoms with Crippen LogP contribution in [0.1, 0.15) is 84.0 Å². The molecule has 0 saturated carbocycles. The summed E-state index contributed by atoms with van der Waals surface area (Å²) in [5, 5.41) is 0. The van der Waals surface area contributed by atoms with E-state index in [4.69, 9.17) is 0 Å². The van der Waals surface area contributed by atoms with Crippen molar-refractivity contribution in [3.05, 3.63) is 172 Å². The number of hydrogen-bond acceptors (Lipinski definition) is 2. The van der Waals surface area contributed by atoms with E-state index in [9.17, 15) is 9.59 Å². The zero-order chi connectivity index (χ0) is 32.9. The summed E-state index contributed by atoms with van der Waals surface area (Å²) in [6.07, 6.45) is 8.24. The van der Waals surface area contributed by atoms with Gasteiger partial charge in [-0.05, 0) is 56.3 Å². The minimum atomic E-state index is -0.291. The highest BCUT2D eigenvalue weighted by atomic mass is 16.2. The van der Waals surface area contributed by atoms with Crippen LogP contribution in [0.2, 0.25) is 0 Å². The third kappa shape index (κ3) is 6.71. The first-order chi connectivity index (χ1) is 22.8. The van der Waals surface area contributed by atoms with E-state index < -0.39 is 0 Å². The van der Waals surface area contributed by atoms with Gasteiger partial charge in [0.05, 0.1) is 16.8 Å². The van der Waals surface area contributed by atoms with Crippen molar-refractivity contribution < 1.29 is 9.59 Å². The maximum atomic E-state index is 14.6. The van der Waals surface area contributed by atoms with Gasteiger partial charge in [0.2, 0.25) is 0 Å². The minimum absolute atomic E-state index is 0.128. The second-order valence-electron chi connectivity index (χ2n) is 12.5. The van der Waals surface area contributed by atoms with Crippen molar-refractivity contribution >= 4 is 53.0 Å². The van der Waals surface area contributed by atoms with E-state index in [2.05, 4.69) is 76.3 Å². The van der Waals surface area contributed by atoms with Crippen molar-refractivity contribution in [2.45, 2.75) is 39.5 Å². The highest BCUT2D eigenvalue weighted by molar-refractivity contribution is 6.57. The highest BCUT2D eigenvalue weighted by Crippen LogP contribution is 2.43. The smallest absolute Gasteiger partial charge is 0.266 e. The van der Waals surface area contributed by atoms with Crippen molar-refractivity contribution in [1.29, 1.82) is 0 Å². The Kier molecular flexibility index (Phi) is 9.26. The molecule has 47 heavy (non-hydrogen) atoms. The molecular weight excluding hydrogens is 574 g/mol. The summed E-state index contributed by atoms with van der Waals surface area (Å²) in [5.74, 6) is -0.326. The lowest BCUT2D eigenvalue weighted by molar-refractivity contribution is -0.119. The Hall–Kier alpha value is -5.54. The van der Waals surface area contributed by atoms with Gasteiger partial charge in [0, 0.05) is 0 Å². The van der Waals surface area contributed by atoms with Crippen LogP contribution in [0, 0.1) is 0 Å². The molecule has 0 bridgehead atoms. The average molecular weight is 614 g/mol. The predicted molar refractivity (Wildman–Crippen MR) is 198 cm³/mol. The van der Waals surface area contributed by atoms with E-state index in [0.717, 1.165) is 44.5 Å². The number of para-hydroxylation sites is 1. The Morgan fingerprint density at radius 1 is 0.426 bits per heavy atom. The van der Waals surface area contributed by atoms with Crippen LogP contribution in [0.4, 0.5) is 5.69 Å². The van der Waals surface area contributed by atoms with Crippen molar-refractivity contribution in [1.82, 2.24) is 0 Å². The van der Waals surface area contributed by atoms with Crippen LogP contribution in [-0.4, -0.2) is 11.8 Å². The van der Waals surface area contributed by atoms with Crippen LogP contribution in [0.25, 0.3) is 35.5 Å². The zero-order valence-corrected chi connectivity index (χ0v) is 27.4. The Balaban J connectivity index is 1.43. The van der Waals surface area contributed by atoms with Gasteiger partial charge in [-0.1, -0.05) is 179 Å². The molecule has 5 aromatic carbocycles. The normalized spacial score (nSPS) is 13.7. The second-order valence-corrected chi connectivity index (χ2v) is 12.5. The zero-order valence-electron chi connectivity index (χ0n) is 27.4. The fourth-order valence-electron chi connectivity index (χ4n) is 6.07. The van der Waals surface area contributed by atoms with Crippen molar-refractivity contribution in [2.24, 2.45) is 0 Å². The van der Waals surface area contributed by atoms with E-state index in [0.29, 0.717) is 16.8 Å². The standard InChI is InChI=1S/C44H39NO2/c1-30(2)38-16-11-17-39(31(3)4)42(38)45-43(46)40(36-26-22-34(23-27-36)20-18-32-12-7-5-8-13-32)41(44(45)47)37-28-24-35(25-29-37)21-19-33-14-9-6-10-15-33/h5-31H,1-4H3. The number of rotatable bonds is 9. The highest BCUT2D eigenvalue weighted by Gasteiger charge is 2.42. The molecular formula is C44H39NO2. The Morgan fingerprint density at radius 2 is 0.766 bits per heavy atom. The molecule has 3 nitrogen and oxygen atoms in total. The van der Waals surface area contributed by atoms with Gasteiger partial charge in [0.1, 0.15) is 0 Å². The third-order valence-corrected chi connectivity index (χ3v) is 8.58. The third-order valence-electron chi connectivity index (χ3n) is 8.58. The molecule has 0 radical (unpaired) electrons. The summed E-state index contributed by atoms with van der Waals surface area (Å²) in [5.41, 5.74) is 9.22. The molecule has 0 fully saturated rings. The number of imide groups is 1. The van der Waals surface area contributed by atoms with Gasteiger partial charge in [-0.3, -0.25) is 9.59 Å². The molecule has 5 aromatic rings. The lowest BCUT2D eigenvalue weighted by atomic mass is 9.91. The molecule has 0 atom stereocenters. The fourth-order valence-corrected chi connectivity index (χ4v) is 6.07. The number of benzene rings is 5. The van der Waals surface area contributed by atoms with Gasteiger partial charge in [0.15, 0.2) is 0 Å². The molecule has 0 N–H and O–H groups in total. The quantitative estimate of drug-likeness (QED) is 0.123. The molecule has 0 saturated heterocycles. The van der Waals surface area contributed by atoms with Crippen LogP contribution in [0.5, 0.6) is 0 Å². The Labute approximate surface area is 278 Å². The van der Waals surface area contributed by atoms with Gasteiger partial charge in [0.25, 0.3) is 11.8 Å². The average Bonchev–Trinajstić information content (AvgIpc) is 3.36. The van der Waals surface area contributed by atoms with Gasteiger partial charge >= 0.3 is 0 Å². The van der Waals surface area contributed by atoms with Gasteiger partial charge in [-0.2, -0.15) is 0 Å². The topological polar surface area (TPSA) is 37.4 Å². The molecule has 6 rings (SSSR count). The van der Waals surface area contributed by atoms with Crippen molar-refractivity contribution in [3.63, 3.8) is 0 Å². The molecule has 0 aromatic heterocycles. The first-order valence-electron chi connectivity index (χ1n) is 16.2. The van der Waals surface area contributed by atoms with Gasteiger partial charge < -0.3 is 0 Å². The molecule has 1 heterocycles. The maximum Gasteiger partial charge on any atom is 0.266 e. The second kappa shape index (κ2) is 13.8. The van der Waals surface area contributed by atoms with E-state index in [1.807, 2.05) is 103 Å². The fraction of sp³-hybridized carbons (Fsp3) is 0.136. The minimum Gasteiger partial charge on any atom is -0.268 e. The summed E-state index contributed by atoms with van der Waals surface area (Å²) in [6.45, 7) is 8.42. The van der Waals surface area contributed by atoms with Crippen LogP contribution < -0.4 is 4.90 Å². The Morgan fingerprint density at radius 3 is 1.11 bits per heavy atom. The molecule has 2 amide bonds. The number of carbonyl (C=O) groups is 2. The summed E-state index contributed by atoms with van der Waals surface area (Å²) >= 11 is 0. The van der Waals surface area contributed by atoms with Crippen LogP contribution in [0.3, 0.4) is 0 Å². The number of nitrogens with zero attached hydrogens (tertiary/aromatic N) is 1. The van der Waals surface area contributed by atoms with E-state index >= 15 is 0 Å². The number of anilines is 1. The number of amides is 2.